The van der Waals surface area contributed by atoms with Crippen LogP contribution in [0.4, 0.5) is 18.0 Å². The molecule has 1 aromatic heterocycles. The van der Waals surface area contributed by atoms with Crippen molar-refractivity contribution in [2.24, 2.45) is 0 Å². The lowest BCUT2D eigenvalue weighted by Gasteiger charge is -2.32. The van der Waals surface area contributed by atoms with Crippen LogP contribution in [0.15, 0.2) is 24.5 Å². The Kier molecular flexibility index (Phi) is 9.50. The van der Waals surface area contributed by atoms with Gasteiger partial charge < -0.3 is 28.8 Å². The SMILES string of the molecule is CC(C)(C)OC(=O)NCCCCN(CCCn1cnc2cccc(B3OC(C)(C)C(C)(C)O3)c21)C(=O)C(F)(F)F. The Hall–Kier alpha value is -2.80. The van der Waals surface area contributed by atoms with Crippen molar-refractivity contribution < 1.29 is 36.8 Å². The monoisotopic (exact) mass is 568 g/mol. The summed E-state index contributed by atoms with van der Waals surface area (Å²) in [6, 6.07) is 5.61. The van der Waals surface area contributed by atoms with Gasteiger partial charge in [0.1, 0.15) is 5.60 Å². The number of nitrogens with one attached hydrogen (secondary N) is 1. The van der Waals surface area contributed by atoms with Gasteiger partial charge in [0.25, 0.3) is 0 Å². The summed E-state index contributed by atoms with van der Waals surface area (Å²) in [5.74, 6) is -1.87. The minimum Gasteiger partial charge on any atom is -0.444 e. The van der Waals surface area contributed by atoms with Crippen molar-refractivity contribution in [3.8, 4) is 0 Å². The van der Waals surface area contributed by atoms with Gasteiger partial charge in [-0.3, -0.25) is 4.79 Å². The van der Waals surface area contributed by atoms with Gasteiger partial charge in [0.15, 0.2) is 0 Å². The molecule has 1 aliphatic rings. The van der Waals surface area contributed by atoms with E-state index in [9.17, 15) is 22.8 Å². The van der Waals surface area contributed by atoms with Gasteiger partial charge in [0.2, 0.25) is 0 Å². The summed E-state index contributed by atoms with van der Waals surface area (Å²) in [6.07, 6.45) is -2.97. The van der Waals surface area contributed by atoms with Crippen molar-refractivity contribution in [3.05, 3.63) is 24.5 Å². The number of nitrogens with zero attached hydrogens (tertiary/aromatic N) is 3. The van der Waals surface area contributed by atoms with E-state index in [4.69, 9.17) is 14.0 Å². The fourth-order valence-electron chi connectivity index (χ4n) is 4.34. The third kappa shape index (κ3) is 7.90. The second-order valence-electron chi connectivity index (χ2n) is 12.0. The second-order valence-corrected chi connectivity index (χ2v) is 12.0. The molecule has 2 heterocycles. The number of rotatable bonds is 10. The van der Waals surface area contributed by atoms with E-state index in [0.29, 0.717) is 18.5 Å². The molecule has 1 N–H and O–H groups in total. The number of hydrogen-bond acceptors (Lipinski definition) is 6. The number of benzene rings is 1. The maximum Gasteiger partial charge on any atom is 0.497 e. The van der Waals surface area contributed by atoms with Crippen LogP contribution < -0.4 is 10.8 Å². The molecule has 2 aromatic rings. The number of hydrogen-bond donors (Lipinski definition) is 1. The van der Waals surface area contributed by atoms with E-state index in [-0.39, 0.29) is 32.5 Å². The van der Waals surface area contributed by atoms with Crippen LogP contribution in [0.25, 0.3) is 11.0 Å². The zero-order chi connectivity index (χ0) is 29.9. The Balaban J connectivity index is 1.63. The van der Waals surface area contributed by atoms with E-state index >= 15 is 0 Å². The molecular weight excluding hydrogens is 528 g/mol. The van der Waals surface area contributed by atoms with Crippen LogP contribution in [0.5, 0.6) is 0 Å². The molecule has 0 bridgehead atoms. The summed E-state index contributed by atoms with van der Waals surface area (Å²) < 4.78 is 59.3. The van der Waals surface area contributed by atoms with Crippen LogP contribution in [0.3, 0.4) is 0 Å². The number of amides is 2. The fraction of sp³-hybridized carbons (Fsp3) is 0.667. The van der Waals surface area contributed by atoms with Crippen LogP contribution in [-0.4, -0.2) is 76.2 Å². The number of carbonyl (C=O) groups is 2. The average molecular weight is 568 g/mol. The van der Waals surface area contributed by atoms with Crippen molar-refractivity contribution >= 4 is 35.6 Å². The van der Waals surface area contributed by atoms with E-state index in [1.165, 1.54) is 0 Å². The Bertz CT molecular complexity index is 1180. The summed E-state index contributed by atoms with van der Waals surface area (Å²) in [4.78, 5) is 29.1. The first kappa shape index (κ1) is 31.7. The number of halogens is 3. The Morgan fingerprint density at radius 1 is 1.05 bits per heavy atom. The average Bonchev–Trinajstić information content (AvgIpc) is 3.32. The van der Waals surface area contributed by atoms with Gasteiger partial charge in [-0.1, -0.05) is 12.1 Å². The molecule has 1 fully saturated rings. The molecule has 1 aliphatic heterocycles. The number of carbonyl (C=O) groups excluding carboxylic acids is 2. The predicted molar refractivity (Wildman–Crippen MR) is 146 cm³/mol. The molecule has 40 heavy (non-hydrogen) atoms. The van der Waals surface area contributed by atoms with Gasteiger partial charge in [0.05, 0.1) is 28.6 Å². The lowest BCUT2D eigenvalue weighted by Crippen LogP contribution is -2.42. The number of alkyl halides is 3. The van der Waals surface area contributed by atoms with Crippen LogP contribution >= 0.6 is 0 Å². The lowest BCUT2D eigenvalue weighted by molar-refractivity contribution is -0.185. The van der Waals surface area contributed by atoms with Gasteiger partial charge in [0, 0.05) is 31.6 Å². The number of para-hydroxylation sites is 1. The molecule has 13 heteroatoms. The van der Waals surface area contributed by atoms with E-state index < -0.39 is 42.1 Å². The molecule has 1 saturated heterocycles. The molecule has 0 atom stereocenters. The molecule has 0 radical (unpaired) electrons. The molecule has 2 amide bonds. The molecule has 0 unspecified atom stereocenters. The van der Waals surface area contributed by atoms with Gasteiger partial charge >= 0.3 is 25.3 Å². The third-order valence-corrected chi connectivity index (χ3v) is 7.06. The number of fused-ring (bicyclic) bond motifs is 1. The predicted octanol–water partition coefficient (Wildman–Crippen LogP) is 4.42. The first-order chi connectivity index (χ1) is 18.4. The molecule has 222 valence electrons. The number of aromatic nitrogens is 2. The van der Waals surface area contributed by atoms with E-state index in [2.05, 4.69) is 10.3 Å². The molecule has 9 nitrogen and oxygen atoms in total. The molecule has 1 aromatic carbocycles. The van der Waals surface area contributed by atoms with Crippen molar-refractivity contribution in [1.82, 2.24) is 19.8 Å². The normalized spacial score (nSPS) is 16.8. The van der Waals surface area contributed by atoms with Gasteiger partial charge in [-0.25, -0.2) is 9.78 Å². The summed E-state index contributed by atoms with van der Waals surface area (Å²) >= 11 is 0. The van der Waals surface area contributed by atoms with E-state index in [0.717, 1.165) is 15.9 Å². The van der Waals surface area contributed by atoms with Gasteiger partial charge in [-0.15, -0.1) is 0 Å². The molecule has 0 saturated carbocycles. The van der Waals surface area contributed by atoms with Crippen LogP contribution in [0.2, 0.25) is 0 Å². The van der Waals surface area contributed by atoms with Crippen LogP contribution in [0, 0.1) is 0 Å². The van der Waals surface area contributed by atoms with Crippen LogP contribution in [0.1, 0.15) is 67.7 Å². The summed E-state index contributed by atoms with van der Waals surface area (Å²) in [6.45, 7) is 13.5. The van der Waals surface area contributed by atoms with E-state index in [1.807, 2.05) is 50.5 Å². The highest BCUT2D eigenvalue weighted by Crippen LogP contribution is 2.37. The quantitative estimate of drug-likeness (QED) is 0.337. The Morgan fingerprint density at radius 2 is 1.68 bits per heavy atom. The second kappa shape index (κ2) is 12.0. The minimum atomic E-state index is -4.97. The summed E-state index contributed by atoms with van der Waals surface area (Å²) in [5.41, 5.74) is 0.563. The third-order valence-electron chi connectivity index (χ3n) is 7.06. The fourth-order valence-corrected chi connectivity index (χ4v) is 4.34. The zero-order valence-electron chi connectivity index (χ0n) is 24.4. The van der Waals surface area contributed by atoms with Crippen molar-refractivity contribution in [1.29, 1.82) is 0 Å². The highest BCUT2D eigenvalue weighted by Gasteiger charge is 2.52. The lowest BCUT2D eigenvalue weighted by atomic mass is 9.78. The number of alkyl carbamates (subject to hydrolysis) is 1. The molecular formula is C27H40BF3N4O5. The van der Waals surface area contributed by atoms with Gasteiger partial charge in [-0.2, -0.15) is 13.2 Å². The standard InChI is InChI=1S/C27H40BF3N4O5/c1-24(2,3)38-23(37)32-14-8-9-15-34(22(36)27(29,30)31)16-11-17-35-18-33-20-13-10-12-19(21(20)35)28-39-25(4,5)26(6,7)40-28/h10,12-13,18H,8-9,11,14-17H2,1-7H3,(H,32,37). The molecule has 3 rings (SSSR count). The first-order valence-electron chi connectivity index (χ1n) is 13.5. The highest BCUT2D eigenvalue weighted by atomic mass is 19.4. The van der Waals surface area contributed by atoms with Crippen molar-refractivity contribution in [2.45, 2.75) is 97.3 Å². The number of aryl methyl sites for hydroxylation is 1. The van der Waals surface area contributed by atoms with Gasteiger partial charge in [-0.05, 0) is 73.8 Å². The molecule has 0 spiro atoms. The highest BCUT2D eigenvalue weighted by molar-refractivity contribution is 6.64. The minimum absolute atomic E-state index is 0.0851. The summed E-state index contributed by atoms with van der Waals surface area (Å²) in [7, 11) is -0.623. The van der Waals surface area contributed by atoms with Crippen molar-refractivity contribution in [3.63, 3.8) is 0 Å². The zero-order valence-corrected chi connectivity index (χ0v) is 24.4. The molecule has 0 aliphatic carbocycles. The number of imidazole rings is 1. The Labute approximate surface area is 233 Å². The Morgan fingerprint density at radius 3 is 2.27 bits per heavy atom. The van der Waals surface area contributed by atoms with Crippen molar-refractivity contribution in [2.75, 3.05) is 19.6 Å². The largest absolute Gasteiger partial charge is 0.497 e. The number of unbranched alkanes of at least 4 members (excludes halogenated alkanes) is 1. The number of ether oxygens (including phenoxy) is 1. The van der Waals surface area contributed by atoms with E-state index in [1.54, 1.807) is 27.1 Å². The topological polar surface area (TPSA) is 94.9 Å². The maximum absolute atomic E-state index is 13.3. The maximum atomic E-state index is 13.3. The smallest absolute Gasteiger partial charge is 0.444 e. The van der Waals surface area contributed by atoms with Crippen LogP contribution in [-0.2, 0) is 25.4 Å². The summed E-state index contributed by atoms with van der Waals surface area (Å²) in [5, 5.41) is 2.57. The first-order valence-corrected chi connectivity index (χ1v) is 13.5.